The second-order valence-corrected chi connectivity index (χ2v) is 13.5. The van der Waals surface area contributed by atoms with Gasteiger partial charge in [0.2, 0.25) is 0 Å². The molecule has 0 nitrogen and oxygen atoms in total. The van der Waals surface area contributed by atoms with Gasteiger partial charge in [0.15, 0.2) is 0 Å². The molecule has 0 aromatic heterocycles. The summed E-state index contributed by atoms with van der Waals surface area (Å²) in [6.07, 6.45) is 38.8. The Hall–Kier alpha value is 0. The van der Waals surface area contributed by atoms with E-state index >= 15 is 0 Å². The summed E-state index contributed by atoms with van der Waals surface area (Å²) < 4.78 is 0. The summed E-state index contributed by atoms with van der Waals surface area (Å²) >= 11 is 0. The number of hydrogen-bond acceptors (Lipinski definition) is 0. The molecule has 0 N–H and O–H groups in total. The molecule has 0 amide bonds. The molecule has 0 bridgehead atoms. The van der Waals surface area contributed by atoms with Crippen LogP contribution in [0.3, 0.4) is 0 Å². The molecule has 4 fully saturated rings. The van der Waals surface area contributed by atoms with Crippen LogP contribution in [0.15, 0.2) is 0 Å². The molecular formula is C33H60. The molecule has 5 unspecified atom stereocenters. The van der Waals surface area contributed by atoms with Crippen molar-refractivity contribution in [3.8, 4) is 0 Å². The first-order valence-corrected chi connectivity index (χ1v) is 16.3. The van der Waals surface area contributed by atoms with Crippen molar-refractivity contribution in [2.24, 2.45) is 41.4 Å². The van der Waals surface area contributed by atoms with E-state index < -0.39 is 0 Å². The highest BCUT2D eigenvalue weighted by atomic mass is 14.4. The topological polar surface area (TPSA) is 0 Å². The van der Waals surface area contributed by atoms with E-state index in [1.165, 1.54) is 70.6 Å². The van der Waals surface area contributed by atoms with Gasteiger partial charge in [-0.1, -0.05) is 148 Å². The second kappa shape index (κ2) is 14.5. The molecule has 0 heterocycles. The lowest BCUT2D eigenvalue weighted by molar-refractivity contribution is 0.0694. The van der Waals surface area contributed by atoms with Gasteiger partial charge in [-0.25, -0.2) is 0 Å². The van der Waals surface area contributed by atoms with Crippen LogP contribution in [0, 0.1) is 41.4 Å². The van der Waals surface area contributed by atoms with Gasteiger partial charge in [0.25, 0.3) is 0 Å². The lowest BCUT2D eigenvalue weighted by atomic mass is 9.62. The minimum atomic E-state index is 0.980. The Morgan fingerprint density at radius 3 is 1.39 bits per heavy atom. The third-order valence-corrected chi connectivity index (χ3v) is 11.2. The van der Waals surface area contributed by atoms with Crippen LogP contribution in [0.5, 0.6) is 0 Å². The highest BCUT2D eigenvalue weighted by Crippen LogP contribution is 2.48. The number of rotatable bonds is 3. The summed E-state index contributed by atoms with van der Waals surface area (Å²) in [4.78, 5) is 0. The summed E-state index contributed by atoms with van der Waals surface area (Å²) in [6.45, 7) is 2.58. The molecule has 0 aromatic rings. The molecule has 0 heteroatoms. The molecule has 33 heavy (non-hydrogen) atoms. The zero-order valence-corrected chi connectivity index (χ0v) is 22.7. The third-order valence-electron chi connectivity index (χ3n) is 11.2. The Morgan fingerprint density at radius 2 is 0.727 bits per heavy atom. The molecule has 0 spiro atoms. The van der Waals surface area contributed by atoms with Crippen LogP contribution in [0.2, 0.25) is 0 Å². The van der Waals surface area contributed by atoms with Gasteiger partial charge in [0.1, 0.15) is 0 Å². The van der Waals surface area contributed by atoms with Crippen LogP contribution in [0.1, 0.15) is 167 Å². The standard InChI is InChI=1S/C33H60/c1-27-16-8-5-15-23-32(33(25-24-27)29-19-13-7-14-20-29)31-22-10-4-2-3-9-21-30(26-31)28-17-11-6-12-18-28/h27-33H,2-26H2,1H3. The van der Waals surface area contributed by atoms with Crippen molar-refractivity contribution in [1.82, 2.24) is 0 Å². The van der Waals surface area contributed by atoms with Gasteiger partial charge in [-0.05, 0) is 60.7 Å². The van der Waals surface area contributed by atoms with Crippen molar-refractivity contribution in [2.75, 3.05) is 0 Å². The van der Waals surface area contributed by atoms with E-state index in [9.17, 15) is 0 Å². The predicted molar refractivity (Wildman–Crippen MR) is 146 cm³/mol. The average Bonchev–Trinajstić information content (AvgIpc) is 2.87. The summed E-state index contributed by atoms with van der Waals surface area (Å²) in [5.74, 6) is 7.45. The zero-order chi connectivity index (χ0) is 22.7. The van der Waals surface area contributed by atoms with Crippen LogP contribution in [0.4, 0.5) is 0 Å². The van der Waals surface area contributed by atoms with E-state index in [0.29, 0.717) is 0 Å². The smallest absolute Gasteiger partial charge is 0.0355 e. The van der Waals surface area contributed by atoms with Crippen molar-refractivity contribution in [3.63, 3.8) is 0 Å². The molecule has 192 valence electrons. The largest absolute Gasteiger partial charge is 0.0625 e. The maximum absolute atomic E-state index is 2.58. The summed E-state index contributed by atoms with van der Waals surface area (Å²) in [7, 11) is 0. The predicted octanol–water partition coefficient (Wildman–Crippen LogP) is 11.1. The molecule has 4 rings (SSSR count). The summed E-state index contributed by atoms with van der Waals surface area (Å²) in [6, 6.07) is 0. The maximum atomic E-state index is 2.58. The van der Waals surface area contributed by atoms with Crippen LogP contribution in [-0.2, 0) is 0 Å². The van der Waals surface area contributed by atoms with Crippen molar-refractivity contribution in [1.29, 1.82) is 0 Å². The highest BCUT2D eigenvalue weighted by molar-refractivity contribution is 4.88. The Morgan fingerprint density at radius 1 is 0.303 bits per heavy atom. The maximum Gasteiger partial charge on any atom is -0.0355 e. The molecule has 0 aliphatic heterocycles. The Bertz CT molecular complexity index is 496. The summed E-state index contributed by atoms with van der Waals surface area (Å²) in [5.41, 5.74) is 0. The fourth-order valence-electron chi connectivity index (χ4n) is 9.22. The molecule has 4 saturated carbocycles. The normalized spacial score (nSPS) is 37.9. The molecule has 4 aliphatic carbocycles. The third kappa shape index (κ3) is 8.27. The fraction of sp³-hybridized carbons (Fsp3) is 1.00. The first-order chi connectivity index (χ1) is 16.3. The van der Waals surface area contributed by atoms with E-state index in [1.54, 1.807) is 89.9 Å². The van der Waals surface area contributed by atoms with Crippen molar-refractivity contribution >= 4 is 0 Å². The van der Waals surface area contributed by atoms with E-state index in [-0.39, 0.29) is 0 Å². The number of hydrogen-bond donors (Lipinski definition) is 0. The lowest BCUT2D eigenvalue weighted by Crippen LogP contribution is -2.34. The van der Waals surface area contributed by atoms with Gasteiger partial charge in [0.05, 0.1) is 0 Å². The van der Waals surface area contributed by atoms with Crippen molar-refractivity contribution < 1.29 is 0 Å². The van der Waals surface area contributed by atoms with Crippen LogP contribution >= 0.6 is 0 Å². The lowest BCUT2D eigenvalue weighted by Gasteiger charge is -2.43. The Labute approximate surface area is 208 Å². The van der Waals surface area contributed by atoms with Gasteiger partial charge in [-0.3, -0.25) is 0 Å². The van der Waals surface area contributed by atoms with Crippen molar-refractivity contribution in [2.45, 2.75) is 167 Å². The molecule has 4 aliphatic rings. The van der Waals surface area contributed by atoms with E-state index in [2.05, 4.69) is 6.92 Å². The van der Waals surface area contributed by atoms with E-state index in [4.69, 9.17) is 0 Å². The van der Waals surface area contributed by atoms with Gasteiger partial charge in [-0.2, -0.15) is 0 Å². The van der Waals surface area contributed by atoms with Crippen LogP contribution < -0.4 is 0 Å². The average molecular weight is 457 g/mol. The minimum Gasteiger partial charge on any atom is -0.0625 e. The van der Waals surface area contributed by atoms with Crippen LogP contribution in [-0.4, -0.2) is 0 Å². The van der Waals surface area contributed by atoms with Gasteiger partial charge < -0.3 is 0 Å². The Balaban J connectivity index is 1.54. The quantitative estimate of drug-likeness (QED) is 0.396. The molecule has 0 aromatic carbocycles. The molecular weight excluding hydrogens is 396 g/mol. The van der Waals surface area contributed by atoms with Crippen molar-refractivity contribution in [3.05, 3.63) is 0 Å². The van der Waals surface area contributed by atoms with Gasteiger partial charge in [0, 0.05) is 0 Å². The minimum absolute atomic E-state index is 0.980. The monoisotopic (exact) mass is 456 g/mol. The first-order valence-electron chi connectivity index (χ1n) is 16.3. The SMILES string of the molecule is CC1CCCCCC(C2CCCCCCCC(C3CCCCC3)C2)C(C2CCCCC2)CC1. The summed E-state index contributed by atoms with van der Waals surface area (Å²) in [5, 5.41) is 0. The molecule has 0 radical (unpaired) electrons. The van der Waals surface area contributed by atoms with Crippen LogP contribution in [0.25, 0.3) is 0 Å². The molecule has 0 saturated heterocycles. The van der Waals surface area contributed by atoms with Gasteiger partial charge >= 0.3 is 0 Å². The Kier molecular flexibility index (Phi) is 11.5. The first kappa shape index (κ1) is 26.1. The fourth-order valence-corrected chi connectivity index (χ4v) is 9.22. The van der Waals surface area contributed by atoms with E-state index in [0.717, 1.165) is 41.4 Å². The highest BCUT2D eigenvalue weighted by Gasteiger charge is 2.37. The zero-order valence-electron chi connectivity index (χ0n) is 22.7. The second-order valence-electron chi connectivity index (χ2n) is 13.5. The van der Waals surface area contributed by atoms with E-state index in [1.807, 2.05) is 0 Å². The van der Waals surface area contributed by atoms with Gasteiger partial charge in [-0.15, -0.1) is 0 Å². The molecule has 5 atom stereocenters.